The maximum atomic E-state index is 13.1. The zero-order chi connectivity index (χ0) is 19.2. The normalized spacial score (nSPS) is 14.5. The number of fused-ring (bicyclic) bond motifs is 1. The highest BCUT2D eigenvalue weighted by molar-refractivity contribution is 7.91. The predicted octanol–water partition coefficient (Wildman–Crippen LogP) is 4.32. The molecule has 9 heteroatoms. The lowest BCUT2D eigenvalue weighted by Gasteiger charge is -2.22. The molecule has 0 radical (unpaired) electrons. The molecular weight excluding hydrogens is 369 g/mol. The van der Waals surface area contributed by atoms with Crippen molar-refractivity contribution in [3.05, 3.63) is 40.4 Å². The largest absolute Gasteiger partial charge is 0.407 e. The van der Waals surface area contributed by atoms with Crippen LogP contribution in [0.2, 0.25) is 0 Å². The number of aryl methyl sites for hydroxylation is 1. The van der Waals surface area contributed by atoms with E-state index in [4.69, 9.17) is 6.57 Å². The first-order valence-electron chi connectivity index (χ1n) is 7.36. The summed E-state index contributed by atoms with van der Waals surface area (Å²) >= 11 is 0. The summed E-state index contributed by atoms with van der Waals surface area (Å²) in [5, 5.41) is 10.9. The van der Waals surface area contributed by atoms with E-state index in [0.717, 1.165) is 12.1 Å². The number of hydrogen-bond acceptors (Lipinski definition) is 3. The van der Waals surface area contributed by atoms with Gasteiger partial charge in [0, 0.05) is 11.3 Å². The van der Waals surface area contributed by atoms with Crippen LogP contribution in [0.5, 0.6) is 0 Å². The Bertz CT molecular complexity index is 968. The Kier molecular flexibility index (Phi) is 5.86. The van der Waals surface area contributed by atoms with E-state index in [2.05, 4.69) is 9.83 Å². The molecular formula is C17H21F3N2O3S. The molecule has 0 saturated heterocycles. The summed E-state index contributed by atoms with van der Waals surface area (Å²) in [6.45, 7) is 11.3. The van der Waals surface area contributed by atoms with Gasteiger partial charge >= 0.3 is 6.18 Å². The number of hydrogen-bond donors (Lipinski definition) is 2. The molecule has 1 aromatic carbocycles. The van der Waals surface area contributed by atoms with Crippen molar-refractivity contribution in [2.24, 2.45) is 0 Å². The molecule has 0 aliphatic rings. The van der Waals surface area contributed by atoms with Gasteiger partial charge in [-0.05, 0) is 36.9 Å². The van der Waals surface area contributed by atoms with E-state index in [1.807, 2.05) is 0 Å². The number of sulfone groups is 1. The highest BCUT2D eigenvalue weighted by atomic mass is 32.2. The highest BCUT2D eigenvalue weighted by Gasteiger charge is 2.36. The van der Waals surface area contributed by atoms with Crippen molar-refractivity contribution in [1.29, 1.82) is 0 Å². The van der Waals surface area contributed by atoms with Gasteiger partial charge in [-0.3, -0.25) is 0 Å². The van der Waals surface area contributed by atoms with Crippen LogP contribution in [0.4, 0.5) is 18.9 Å². The summed E-state index contributed by atoms with van der Waals surface area (Å²) in [6, 6.07) is 1.91. The zero-order valence-electron chi connectivity index (χ0n) is 13.8. The van der Waals surface area contributed by atoms with Gasteiger partial charge in [-0.25, -0.2) is 13.3 Å². The summed E-state index contributed by atoms with van der Waals surface area (Å²) in [5.41, 5.74) is -2.81. The lowest BCUT2D eigenvalue weighted by Crippen LogP contribution is -2.33. The summed E-state index contributed by atoms with van der Waals surface area (Å²) in [6.07, 6.45) is -4.69. The Balaban J connectivity index is 0.00000338. The summed E-state index contributed by atoms with van der Waals surface area (Å²) in [4.78, 5) is 5.63. The number of H-pyrrole nitrogens is 1. The lowest BCUT2D eigenvalue weighted by molar-refractivity contribution is -0.136. The van der Waals surface area contributed by atoms with Crippen molar-refractivity contribution in [3.63, 3.8) is 0 Å². The number of alkyl halides is 3. The summed E-state index contributed by atoms with van der Waals surface area (Å²) in [5.74, 6) is -0.728. The molecule has 5 nitrogen and oxygen atoms in total. The van der Waals surface area contributed by atoms with Crippen LogP contribution in [0.1, 0.15) is 38.1 Å². The quantitative estimate of drug-likeness (QED) is 0.764. The van der Waals surface area contributed by atoms with Gasteiger partial charge in [0.2, 0.25) is 0 Å². The van der Waals surface area contributed by atoms with E-state index >= 15 is 0 Å². The first-order valence-corrected chi connectivity index (χ1v) is 9.19. The van der Waals surface area contributed by atoms with E-state index in [1.54, 1.807) is 6.92 Å². The van der Waals surface area contributed by atoms with Gasteiger partial charge in [-0.1, -0.05) is 14.4 Å². The lowest BCUT2D eigenvalue weighted by atomic mass is 9.99. The Labute approximate surface area is 150 Å². The third kappa shape index (κ3) is 4.02. The van der Waals surface area contributed by atoms with Crippen molar-refractivity contribution < 1.29 is 26.7 Å². The molecule has 0 aliphatic heterocycles. The van der Waals surface area contributed by atoms with E-state index in [1.165, 1.54) is 13.8 Å². The number of halogens is 3. The molecule has 0 fully saturated rings. The van der Waals surface area contributed by atoms with Crippen molar-refractivity contribution >= 4 is 26.4 Å². The van der Waals surface area contributed by atoms with Crippen LogP contribution >= 0.6 is 0 Å². The van der Waals surface area contributed by atoms with Crippen LogP contribution in [0, 0.1) is 13.5 Å². The topological polar surface area (TPSA) is 74.5 Å². The molecule has 0 aliphatic carbocycles. The molecule has 0 bridgehead atoms. The van der Waals surface area contributed by atoms with E-state index in [0.29, 0.717) is 10.9 Å². The van der Waals surface area contributed by atoms with E-state index in [-0.39, 0.29) is 24.4 Å². The standard InChI is InChI=1S/C16H17F3N2O3S.CH4/c1-5-25(23,24)8-15(3,22)14-9(2)10-6-13(20-4)11(16(17,18)19)7-12(10)21-14;/h6-7,21-22H,5,8H2,1-3H3;1H4. The van der Waals surface area contributed by atoms with Gasteiger partial charge in [-0.15, -0.1) is 0 Å². The van der Waals surface area contributed by atoms with Gasteiger partial charge in [0.25, 0.3) is 0 Å². The third-order valence-corrected chi connectivity index (χ3v) is 5.96. The molecule has 2 N–H and O–H groups in total. The molecule has 0 amide bonds. The number of aromatic nitrogens is 1. The fourth-order valence-corrected chi connectivity index (χ4v) is 4.03. The van der Waals surface area contributed by atoms with Crippen LogP contribution in [0.3, 0.4) is 0 Å². The average molecular weight is 390 g/mol. The Hall–Kier alpha value is -2.05. The predicted molar refractivity (Wildman–Crippen MR) is 94.9 cm³/mol. The molecule has 1 heterocycles. The first kappa shape index (κ1) is 22.0. The van der Waals surface area contributed by atoms with Crippen molar-refractivity contribution in [2.75, 3.05) is 11.5 Å². The maximum Gasteiger partial charge on any atom is 0.407 e. The number of nitrogens with zero attached hydrogens (tertiary/aromatic N) is 1. The van der Waals surface area contributed by atoms with Gasteiger partial charge in [0.1, 0.15) is 5.60 Å². The fraction of sp³-hybridized carbons (Fsp3) is 0.471. The summed E-state index contributed by atoms with van der Waals surface area (Å²) < 4.78 is 62.9. The van der Waals surface area contributed by atoms with E-state index in [9.17, 15) is 26.7 Å². The second-order valence-corrected chi connectivity index (χ2v) is 8.45. The Morgan fingerprint density at radius 1 is 1.31 bits per heavy atom. The molecule has 1 aromatic heterocycles. The van der Waals surface area contributed by atoms with Gasteiger partial charge in [0.05, 0.1) is 23.6 Å². The number of benzene rings is 1. The zero-order valence-corrected chi connectivity index (χ0v) is 14.6. The molecule has 1 unspecified atom stereocenters. The minimum Gasteiger partial charge on any atom is -0.383 e. The Morgan fingerprint density at radius 2 is 1.88 bits per heavy atom. The smallest absolute Gasteiger partial charge is 0.383 e. The maximum absolute atomic E-state index is 13.1. The third-order valence-electron chi connectivity index (χ3n) is 4.08. The molecule has 0 spiro atoms. The highest BCUT2D eigenvalue weighted by Crippen LogP contribution is 2.41. The van der Waals surface area contributed by atoms with Gasteiger partial charge < -0.3 is 10.1 Å². The number of nitrogens with one attached hydrogen (secondary N) is 1. The number of aromatic amines is 1. The molecule has 2 rings (SSSR count). The molecule has 26 heavy (non-hydrogen) atoms. The van der Waals surface area contributed by atoms with E-state index < -0.39 is 38.6 Å². The van der Waals surface area contributed by atoms with Crippen molar-refractivity contribution in [3.8, 4) is 0 Å². The molecule has 2 aromatic rings. The van der Waals surface area contributed by atoms with Gasteiger partial charge in [0.15, 0.2) is 15.5 Å². The number of aliphatic hydroxyl groups is 1. The minimum atomic E-state index is -4.69. The average Bonchev–Trinajstić information content (AvgIpc) is 2.81. The Morgan fingerprint density at radius 3 is 2.35 bits per heavy atom. The van der Waals surface area contributed by atoms with Crippen LogP contribution in [0.15, 0.2) is 12.1 Å². The SMILES string of the molecule is C.[C-]#[N+]c1cc2c(C)c(C(C)(O)CS(=O)(=O)CC)[nH]c2cc1C(F)(F)F. The van der Waals surface area contributed by atoms with Crippen LogP contribution in [-0.4, -0.2) is 30.0 Å². The monoisotopic (exact) mass is 390 g/mol. The minimum absolute atomic E-state index is 0. The molecule has 144 valence electrons. The van der Waals surface area contributed by atoms with Crippen LogP contribution in [-0.2, 0) is 21.6 Å². The van der Waals surface area contributed by atoms with Crippen molar-refractivity contribution in [2.45, 2.75) is 40.0 Å². The fourth-order valence-electron chi connectivity index (χ4n) is 2.83. The van der Waals surface area contributed by atoms with Crippen LogP contribution < -0.4 is 0 Å². The molecule has 1 atom stereocenters. The molecule has 0 saturated carbocycles. The van der Waals surface area contributed by atoms with Crippen molar-refractivity contribution in [1.82, 2.24) is 4.98 Å². The van der Waals surface area contributed by atoms with Gasteiger partial charge in [-0.2, -0.15) is 13.2 Å². The number of rotatable bonds is 4. The summed E-state index contributed by atoms with van der Waals surface area (Å²) in [7, 11) is -3.52. The first-order chi connectivity index (χ1) is 11.3. The second kappa shape index (κ2) is 6.93. The second-order valence-electron chi connectivity index (χ2n) is 6.10. The van der Waals surface area contributed by atoms with Crippen LogP contribution in [0.25, 0.3) is 15.7 Å².